The molecule has 0 radical (unpaired) electrons. The zero-order valence-electron chi connectivity index (χ0n) is 9.56. The Labute approximate surface area is 96.2 Å². The van der Waals surface area contributed by atoms with Crippen molar-refractivity contribution < 1.29 is 8.42 Å². The molecule has 0 aromatic heterocycles. The van der Waals surface area contributed by atoms with Gasteiger partial charge in [0.05, 0.1) is 16.5 Å². The largest absolute Gasteiger partial charge is 0.242 e. The summed E-state index contributed by atoms with van der Waals surface area (Å²) in [5.74, 6) is 0. The van der Waals surface area contributed by atoms with E-state index in [4.69, 9.17) is 5.26 Å². The topological polar surface area (TPSA) is 61.2 Å². The molecule has 0 saturated carbocycles. The predicted molar refractivity (Wildman–Crippen MR) is 61.4 cm³/mol. The first-order chi connectivity index (χ1) is 7.43. The molecule has 0 spiro atoms. The van der Waals surface area contributed by atoms with Gasteiger partial charge in [-0.3, -0.25) is 0 Å². The van der Waals surface area contributed by atoms with E-state index in [1.54, 1.807) is 13.8 Å². The second kappa shape index (κ2) is 4.64. The Morgan fingerprint density at radius 3 is 2.50 bits per heavy atom. The molecule has 0 fully saturated rings. The highest BCUT2D eigenvalue weighted by atomic mass is 32.2. The van der Waals surface area contributed by atoms with Crippen LogP contribution < -0.4 is 0 Å². The standard InChI is InChI=1S/C11H14N2O2S/c1-4-13(3)16(14,15)11-6-5-10(8-12)9(2)7-11/h5-7H,4H2,1-3H3. The molecule has 1 aromatic rings. The van der Waals surface area contributed by atoms with Crippen molar-refractivity contribution in [3.63, 3.8) is 0 Å². The molecule has 16 heavy (non-hydrogen) atoms. The Kier molecular flexibility index (Phi) is 3.68. The van der Waals surface area contributed by atoms with Crippen molar-refractivity contribution >= 4 is 10.0 Å². The SMILES string of the molecule is CCN(C)S(=O)(=O)c1ccc(C#N)c(C)c1. The van der Waals surface area contributed by atoms with E-state index in [1.807, 2.05) is 6.07 Å². The number of hydrogen-bond donors (Lipinski definition) is 0. The number of nitriles is 1. The van der Waals surface area contributed by atoms with Crippen LogP contribution in [0.15, 0.2) is 23.1 Å². The van der Waals surface area contributed by atoms with Crippen molar-refractivity contribution in [1.82, 2.24) is 4.31 Å². The quantitative estimate of drug-likeness (QED) is 0.801. The van der Waals surface area contributed by atoms with Gasteiger partial charge in [0.2, 0.25) is 10.0 Å². The van der Waals surface area contributed by atoms with Crippen LogP contribution in [-0.4, -0.2) is 26.3 Å². The van der Waals surface area contributed by atoms with Gasteiger partial charge in [-0.1, -0.05) is 6.92 Å². The van der Waals surface area contributed by atoms with Gasteiger partial charge >= 0.3 is 0 Å². The molecule has 86 valence electrons. The van der Waals surface area contributed by atoms with Crippen molar-refractivity contribution in [1.29, 1.82) is 5.26 Å². The van der Waals surface area contributed by atoms with Crippen molar-refractivity contribution in [3.8, 4) is 6.07 Å². The Bertz CT molecular complexity index is 529. The van der Waals surface area contributed by atoms with Gasteiger partial charge in [0.15, 0.2) is 0 Å². The monoisotopic (exact) mass is 238 g/mol. The fraction of sp³-hybridized carbons (Fsp3) is 0.364. The summed E-state index contributed by atoms with van der Waals surface area (Å²) in [4.78, 5) is 0.230. The van der Waals surface area contributed by atoms with Crippen molar-refractivity contribution in [2.45, 2.75) is 18.7 Å². The van der Waals surface area contributed by atoms with Gasteiger partial charge in [0.1, 0.15) is 0 Å². The highest BCUT2D eigenvalue weighted by molar-refractivity contribution is 7.89. The van der Waals surface area contributed by atoms with Crippen LogP contribution >= 0.6 is 0 Å². The van der Waals surface area contributed by atoms with Gasteiger partial charge in [-0.05, 0) is 30.7 Å². The van der Waals surface area contributed by atoms with Crippen LogP contribution in [0.1, 0.15) is 18.1 Å². The lowest BCUT2D eigenvalue weighted by molar-refractivity contribution is 0.486. The lowest BCUT2D eigenvalue weighted by atomic mass is 10.1. The number of hydrogen-bond acceptors (Lipinski definition) is 3. The average molecular weight is 238 g/mol. The molecular weight excluding hydrogens is 224 g/mol. The van der Waals surface area contributed by atoms with E-state index < -0.39 is 10.0 Å². The number of sulfonamides is 1. The van der Waals surface area contributed by atoms with E-state index in [-0.39, 0.29) is 4.90 Å². The molecule has 0 aliphatic rings. The zero-order valence-corrected chi connectivity index (χ0v) is 10.4. The maximum absolute atomic E-state index is 12.0. The van der Waals surface area contributed by atoms with Gasteiger partial charge in [0, 0.05) is 13.6 Å². The van der Waals surface area contributed by atoms with E-state index in [0.29, 0.717) is 17.7 Å². The van der Waals surface area contributed by atoms with Crippen LogP contribution in [0.3, 0.4) is 0 Å². The Morgan fingerprint density at radius 1 is 1.44 bits per heavy atom. The molecule has 1 aromatic carbocycles. The van der Waals surface area contributed by atoms with Crippen LogP contribution in [0, 0.1) is 18.3 Å². The number of benzene rings is 1. The normalized spacial score (nSPS) is 11.4. The third-order valence-corrected chi connectivity index (χ3v) is 4.40. The van der Waals surface area contributed by atoms with E-state index in [2.05, 4.69) is 0 Å². The molecule has 0 aliphatic carbocycles. The molecule has 5 heteroatoms. The summed E-state index contributed by atoms with van der Waals surface area (Å²) < 4.78 is 25.2. The first-order valence-electron chi connectivity index (χ1n) is 4.90. The second-order valence-corrected chi connectivity index (χ2v) is 5.55. The van der Waals surface area contributed by atoms with Crippen LogP contribution in [0.5, 0.6) is 0 Å². The van der Waals surface area contributed by atoms with E-state index in [0.717, 1.165) is 0 Å². The molecule has 4 nitrogen and oxygen atoms in total. The van der Waals surface area contributed by atoms with Crippen LogP contribution in [0.4, 0.5) is 0 Å². The minimum Gasteiger partial charge on any atom is -0.207 e. The van der Waals surface area contributed by atoms with Crippen molar-refractivity contribution in [2.75, 3.05) is 13.6 Å². The molecular formula is C11H14N2O2S. The third kappa shape index (κ3) is 2.23. The summed E-state index contributed by atoms with van der Waals surface area (Å²) in [6.07, 6.45) is 0. The van der Waals surface area contributed by atoms with Gasteiger partial charge in [-0.15, -0.1) is 0 Å². The van der Waals surface area contributed by atoms with Crippen LogP contribution in [0.25, 0.3) is 0 Å². The van der Waals surface area contributed by atoms with Gasteiger partial charge in [0.25, 0.3) is 0 Å². The van der Waals surface area contributed by atoms with Crippen LogP contribution in [-0.2, 0) is 10.0 Å². The summed E-state index contributed by atoms with van der Waals surface area (Å²) in [7, 11) is -1.88. The highest BCUT2D eigenvalue weighted by Crippen LogP contribution is 2.17. The molecule has 0 amide bonds. The molecule has 0 aliphatic heterocycles. The third-order valence-electron chi connectivity index (χ3n) is 2.47. The lowest BCUT2D eigenvalue weighted by Crippen LogP contribution is -2.26. The van der Waals surface area contributed by atoms with Crippen molar-refractivity contribution in [2.24, 2.45) is 0 Å². The number of aryl methyl sites for hydroxylation is 1. The molecule has 0 heterocycles. The van der Waals surface area contributed by atoms with Gasteiger partial charge < -0.3 is 0 Å². The average Bonchev–Trinajstić information content (AvgIpc) is 2.27. The molecule has 0 unspecified atom stereocenters. The fourth-order valence-corrected chi connectivity index (χ4v) is 2.54. The lowest BCUT2D eigenvalue weighted by Gasteiger charge is -2.15. The zero-order chi connectivity index (χ0) is 12.3. The highest BCUT2D eigenvalue weighted by Gasteiger charge is 2.19. The minimum absolute atomic E-state index is 0.230. The smallest absolute Gasteiger partial charge is 0.207 e. The second-order valence-electron chi connectivity index (χ2n) is 3.51. The maximum Gasteiger partial charge on any atom is 0.242 e. The first-order valence-corrected chi connectivity index (χ1v) is 6.34. The summed E-state index contributed by atoms with van der Waals surface area (Å²) in [6, 6.07) is 6.54. The molecule has 0 saturated heterocycles. The number of nitrogens with zero attached hydrogens (tertiary/aromatic N) is 2. The summed E-state index contributed by atoms with van der Waals surface area (Å²) in [5.41, 5.74) is 1.17. The Morgan fingerprint density at radius 2 is 2.06 bits per heavy atom. The predicted octanol–water partition coefficient (Wildman–Crippen LogP) is 1.51. The van der Waals surface area contributed by atoms with E-state index in [1.165, 1.54) is 29.6 Å². The Hall–Kier alpha value is -1.38. The summed E-state index contributed by atoms with van der Waals surface area (Å²) >= 11 is 0. The summed E-state index contributed by atoms with van der Waals surface area (Å²) in [5, 5.41) is 8.76. The minimum atomic E-state index is -3.41. The van der Waals surface area contributed by atoms with Crippen LogP contribution in [0.2, 0.25) is 0 Å². The Balaban J connectivity index is 3.27. The molecule has 1 rings (SSSR count). The van der Waals surface area contributed by atoms with E-state index in [9.17, 15) is 8.42 Å². The van der Waals surface area contributed by atoms with Crippen molar-refractivity contribution in [3.05, 3.63) is 29.3 Å². The first kappa shape index (κ1) is 12.7. The number of rotatable bonds is 3. The summed E-state index contributed by atoms with van der Waals surface area (Å²) in [6.45, 7) is 3.92. The maximum atomic E-state index is 12.0. The van der Waals surface area contributed by atoms with E-state index >= 15 is 0 Å². The fourth-order valence-electron chi connectivity index (χ4n) is 1.27. The van der Waals surface area contributed by atoms with Gasteiger partial charge in [-0.2, -0.15) is 5.26 Å². The molecule has 0 bridgehead atoms. The molecule has 0 atom stereocenters. The van der Waals surface area contributed by atoms with Gasteiger partial charge in [-0.25, -0.2) is 12.7 Å². The molecule has 0 N–H and O–H groups in total.